The molecule has 0 aliphatic heterocycles. The van der Waals surface area contributed by atoms with Gasteiger partial charge in [0.2, 0.25) is 0 Å². The summed E-state index contributed by atoms with van der Waals surface area (Å²) in [6, 6.07) is 9.36. The number of hydrogen-bond donors (Lipinski definition) is 2. The molecule has 1 atom stereocenters. The topological polar surface area (TPSA) is 55.1 Å². The molecule has 0 saturated carbocycles. The molecule has 0 fully saturated rings. The Bertz CT molecular complexity index is 609. The zero-order valence-corrected chi connectivity index (χ0v) is 13.1. The second-order valence-corrected chi connectivity index (χ2v) is 6.46. The molecule has 2 aromatic rings. The molecule has 2 rings (SSSR count). The monoisotopic (exact) mass is 338 g/mol. The smallest absolute Gasteiger partial charge is 0.253 e. The Kier molecular flexibility index (Phi) is 4.27. The summed E-state index contributed by atoms with van der Waals surface area (Å²) in [6.45, 7) is 4.03. The number of halogens is 1. The summed E-state index contributed by atoms with van der Waals surface area (Å²) in [4.78, 5) is 14.6. The number of thiophene rings is 1. The lowest BCUT2D eigenvalue weighted by Crippen LogP contribution is -2.26. The van der Waals surface area contributed by atoms with Crippen molar-refractivity contribution >= 4 is 38.9 Å². The van der Waals surface area contributed by atoms with Crippen LogP contribution >= 0.6 is 27.3 Å². The van der Waals surface area contributed by atoms with Gasteiger partial charge in [0, 0.05) is 15.4 Å². The molecule has 19 heavy (non-hydrogen) atoms. The van der Waals surface area contributed by atoms with Crippen LogP contribution in [0.2, 0.25) is 0 Å². The van der Waals surface area contributed by atoms with Crippen molar-refractivity contribution in [3.8, 4) is 0 Å². The van der Waals surface area contributed by atoms with Crippen LogP contribution in [0.5, 0.6) is 0 Å². The van der Waals surface area contributed by atoms with E-state index in [1.807, 2.05) is 13.0 Å². The SMILES string of the molecule is Cc1ccc(C(C)NC(=O)c2cccc(N)c2Br)s1. The summed E-state index contributed by atoms with van der Waals surface area (Å²) in [5, 5.41) is 2.98. The Labute approximate surface area is 125 Å². The molecule has 1 aromatic heterocycles. The first-order chi connectivity index (χ1) is 8.99. The quantitative estimate of drug-likeness (QED) is 0.834. The number of aryl methyl sites for hydroxylation is 1. The third-order valence-corrected chi connectivity index (χ3v) is 4.88. The van der Waals surface area contributed by atoms with Crippen molar-refractivity contribution in [3.63, 3.8) is 0 Å². The first-order valence-electron chi connectivity index (χ1n) is 5.90. The highest BCUT2D eigenvalue weighted by Crippen LogP contribution is 2.26. The summed E-state index contributed by atoms with van der Waals surface area (Å²) >= 11 is 5.04. The molecule has 0 radical (unpaired) electrons. The molecule has 0 aliphatic carbocycles. The van der Waals surface area contributed by atoms with Crippen LogP contribution < -0.4 is 11.1 Å². The minimum absolute atomic E-state index is 0.0143. The van der Waals surface area contributed by atoms with Gasteiger partial charge in [-0.3, -0.25) is 4.79 Å². The highest BCUT2D eigenvalue weighted by atomic mass is 79.9. The number of nitrogens with one attached hydrogen (secondary N) is 1. The second-order valence-electron chi connectivity index (χ2n) is 4.35. The largest absolute Gasteiger partial charge is 0.398 e. The van der Waals surface area contributed by atoms with E-state index in [9.17, 15) is 4.79 Å². The minimum Gasteiger partial charge on any atom is -0.398 e. The van der Waals surface area contributed by atoms with Crippen molar-refractivity contribution in [2.24, 2.45) is 0 Å². The molecular formula is C14H15BrN2OS. The standard InChI is InChI=1S/C14H15BrN2OS/c1-8-6-7-12(19-8)9(2)17-14(18)10-4-3-5-11(16)13(10)15/h3-7,9H,16H2,1-2H3,(H,17,18). The van der Waals surface area contributed by atoms with Crippen LogP contribution in [0.25, 0.3) is 0 Å². The van der Waals surface area contributed by atoms with E-state index in [-0.39, 0.29) is 11.9 Å². The van der Waals surface area contributed by atoms with Crippen molar-refractivity contribution in [1.29, 1.82) is 0 Å². The van der Waals surface area contributed by atoms with E-state index in [2.05, 4.69) is 34.2 Å². The zero-order valence-electron chi connectivity index (χ0n) is 10.7. The summed E-state index contributed by atoms with van der Waals surface area (Å²) < 4.78 is 0.641. The van der Waals surface area contributed by atoms with Gasteiger partial charge in [-0.15, -0.1) is 11.3 Å². The van der Waals surface area contributed by atoms with E-state index in [1.165, 1.54) is 4.88 Å². The third kappa shape index (κ3) is 3.16. The molecular weight excluding hydrogens is 324 g/mol. The minimum atomic E-state index is -0.127. The summed E-state index contributed by atoms with van der Waals surface area (Å²) in [6.07, 6.45) is 0. The first-order valence-corrected chi connectivity index (χ1v) is 7.51. The predicted molar refractivity (Wildman–Crippen MR) is 83.5 cm³/mol. The zero-order chi connectivity index (χ0) is 14.0. The number of nitrogens with two attached hydrogens (primary N) is 1. The van der Waals surface area contributed by atoms with Crippen LogP contribution in [-0.4, -0.2) is 5.91 Å². The Hall–Kier alpha value is -1.33. The predicted octanol–water partition coefficient (Wildman–Crippen LogP) is 3.89. The lowest BCUT2D eigenvalue weighted by molar-refractivity contribution is 0.0940. The maximum absolute atomic E-state index is 12.2. The third-order valence-electron chi connectivity index (χ3n) is 2.81. The number of carbonyl (C=O) groups is 1. The van der Waals surface area contributed by atoms with Crippen LogP contribution in [0.3, 0.4) is 0 Å². The molecule has 0 saturated heterocycles. The van der Waals surface area contributed by atoms with Crippen LogP contribution in [0.4, 0.5) is 5.69 Å². The van der Waals surface area contributed by atoms with Gasteiger partial charge in [-0.05, 0) is 54.0 Å². The van der Waals surface area contributed by atoms with Gasteiger partial charge < -0.3 is 11.1 Å². The molecule has 1 heterocycles. The number of rotatable bonds is 3. The van der Waals surface area contributed by atoms with Gasteiger partial charge in [0.05, 0.1) is 16.1 Å². The van der Waals surface area contributed by atoms with Crippen LogP contribution in [-0.2, 0) is 0 Å². The lowest BCUT2D eigenvalue weighted by Gasteiger charge is -2.13. The maximum atomic E-state index is 12.2. The number of nitrogen functional groups attached to an aromatic ring is 1. The van der Waals surface area contributed by atoms with Crippen LogP contribution in [0.1, 0.15) is 33.1 Å². The number of anilines is 1. The second kappa shape index (κ2) is 5.75. The molecule has 0 aliphatic rings. The summed E-state index contributed by atoms with van der Waals surface area (Å²) in [7, 11) is 0. The Balaban J connectivity index is 2.15. The van der Waals surface area contributed by atoms with Gasteiger partial charge >= 0.3 is 0 Å². The van der Waals surface area contributed by atoms with Crippen molar-refractivity contribution in [1.82, 2.24) is 5.32 Å². The van der Waals surface area contributed by atoms with E-state index in [1.54, 1.807) is 29.5 Å². The van der Waals surface area contributed by atoms with E-state index < -0.39 is 0 Å². The van der Waals surface area contributed by atoms with Crippen molar-refractivity contribution < 1.29 is 4.79 Å². The number of amides is 1. The van der Waals surface area contributed by atoms with Crippen LogP contribution in [0.15, 0.2) is 34.8 Å². The highest BCUT2D eigenvalue weighted by Gasteiger charge is 2.15. The van der Waals surface area contributed by atoms with E-state index >= 15 is 0 Å². The van der Waals surface area contributed by atoms with Gasteiger partial charge in [-0.1, -0.05) is 6.07 Å². The number of carbonyl (C=O) groups excluding carboxylic acids is 1. The molecule has 3 nitrogen and oxygen atoms in total. The Morgan fingerprint density at radius 3 is 2.74 bits per heavy atom. The fourth-order valence-electron chi connectivity index (χ4n) is 1.76. The maximum Gasteiger partial charge on any atom is 0.253 e. The van der Waals surface area contributed by atoms with Crippen molar-refractivity contribution in [2.75, 3.05) is 5.73 Å². The van der Waals surface area contributed by atoms with Crippen LogP contribution in [0, 0.1) is 6.92 Å². The molecule has 1 unspecified atom stereocenters. The van der Waals surface area contributed by atoms with E-state index in [4.69, 9.17) is 5.73 Å². The fraction of sp³-hybridized carbons (Fsp3) is 0.214. The van der Waals surface area contributed by atoms with Gasteiger partial charge in [0.1, 0.15) is 0 Å². The molecule has 0 bridgehead atoms. The van der Waals surface area contributed by atoms with E-state index in [0.29, 0.717) is 15.7 Å². The first kappa shape index (κ1) is 14.1. The Morgan fingerprint density at radius 2 is 2.11 bits per heavy atom. The highest BCUT2D eigenvalue weighted by molar-refractivity contribution is 9.10. The average Bonchev–Trinajstić information content (AvgIpc) is 2.79. The lowest BCUT2D eigenvalue weighted by atomic mass is 10.1. The normalized spacial score (nSPS) is 12.2. The van der Waals surface area contributed by atoms with Crippen molar-refractivity contribution in [3.05, 3.63) is 50.1 Å². The summed E-state index contributed by atoms with van der Waals surface area (Å²) in [5.74, 6) is -0.127. The average molecular weight is 339 g/mol. The summed E-state index contributed by atoms with van der Waals surface area (Å²) in [5.41, 5.74) is 6.90. The molecule has 1 aromatic carbocycles. The molecule has 1 amide bonds. The van der Waals surface area contributed by atoms with Gasteiger partial charge in [-0.2, -0.15) is 0 Å². The molecule has 0 spiro atoms. The molecule has 100 valence electrons. The Morgan fingerprint density at radius 1 is 1.37 bits per heavy atom. The number of hydrogen-bond acceptors (Lipinski definition) is 3. The van der Waals surface area contributed by atoms with Gasteiger partial charge in [0.15, 0.2) is 0 Å². The number of benzene rings is 1. The van der Waals surface area contributed by atoms with E-state index in [0.717, 1.165) is 4.88 Å². The van der Waals surface area contributed by atoms with Gasteiger partial charge in [0.25, 0.3) is 5.91 Å². The van der Waals surface area contributed by atoms with Crippen molar-refractivity contribution in [2.45, 2.75) is 19.9 Å². The molecule has 5 heteroatoms. The molecule has 3 N–H and O–H groups in total. The fourth-order valence-corrected chi connectivity index (χ4v) is 3.08. The van der Waals surface area contributed by atoms with Gasteiger partial charge in [-0.25, -0.2) is 0 Å².